The summed E-state index contributed by atoms with van der Waals surface area (Å²) in [5.41, 5.74) is 0. The molecule has 0 aliphatic rings. The van der Waals surface area contributed by atoms with Crippen LogP contribution in [0.4, 0.5) is 0 Å². The molecule has 1 rings (SSSR count). The van der Waals surface area contributed by atoms with E-state index in [-0.39, 0.29) is 12.0 Å². The van der Waals surface area contributed by atoms with E-state index in [4.69, 9.17) is 4.74 Å². The molecule has 0 aliphatic carbocycles. The van der Waals surface area contributed by atoms with Crippen LogP contribution in [0.2, 0.25) is 0 Å². The zero-order valence-electron chi connectivity index (χ0n) is 7.56. The van der Waals surface area contributed by atoms with Crippen LogP contribution in [0, 0.1) is 0 Å². The van der Waals surface area contributed by atoms with Crippen molar-refractivity contribution < 1.29 is 9.53 Å². The zero-order valence-corrected chi connectivity index (χ0v) is 7.56. The Kier molecular flexibility index (Phi) is 3.88. The van der Waals surface area contributed by atoms with Gasteiger partial charge in [-0.25, -0.2) is 9.97 Å². The largest absolute Gasteiger partial charge is 0.391 e. The second-order valence-electron chi connectivity index (χ2n) is 2.61. The average molecular weight is 180 g/mol. The van der Waals surface area contributed by atoms with Gasteiger partial charge in [0.1, 0.15) is 0 Å². The van der Waals surface area contributed by atoms with Crippen molar-refractivity contribution in [3.63, 3.8) is 0 Å². The lowest BCUT2D eigenvalue weighted by Crippen LogP contribution is -2.09. The Balaban J connectivity index is 2.37. The highest BCUT2D eigenvalue weighted by atomic mass is 16.5. The average Bonchev–Trinajstić information content (AvgIpc) is 2.16. The molecule has 0 spiro atoms. The standard InChI is InChI=1S/C9H12N2O2/c1-2-3-5-8(12)13-9-10-6-4-7-11-9/h4,6-7H,2-3,5H2,1H3. The van der Waals surface area contributed by atoms with Gasteiger partial charge in [-0.2, -0.15) is 0 Å². The number of esters is 1. The van der Waals surface area contributed by atoms with Crippen LogP contribution in [0.1, 0.15) is 26.2 Å². The Morgan fingerprint density at radius 2 is 2.15 bits per heavy atom. The van der Waals surface area contributed by atoms with Crippen molar-refractivity contribution in [3.8, 4) is 6.01 Å². The van der Waals surface area contributed by atoms with Crippen molar-refractivity contribution in [1.29, 1.82) is 0 Å². The molecule has 0 atom stereocenters. The van der Waals surface area contributed by atoms with E-state index in [9.17, 15) is 4.79 Å². The number of rotatable bonds is 4. The summed E-state index contributed by atoms with van der Waals surface area (Å²) in [6.45, 7) is 2.02. The maximum absolute atomic E-state index is 11.1. The minimum atomic E-state index is -0.270. The smallest absolute Gasteiger partial charge is 0.324 e. The highest BCUT2D eigenvalue weighted by Gasteiger charge is 2.04. The molecule has 0 unspecified atom stereocenters. The summed E-state index contributed by atoms with van der Waals surface area (Å²) in [5.74, 6) is -0.270. The second kappa shape index (κ2) is 5.24. The molecule has 0 bridgehead atoms. The van der Waals surface area contributed by atoms with Gasteiger partial charge in [-0.1, -0.05) is 13.3 Å². The van der Waals surface area contributed by atoms with Crippen LogP contribution in [-0.4, -0.2) is 15.9 Å². The van der Waals surface area contributed by atoms with E-state index in [1.807, 2.05) is 6.92 Å². The number of hydrogen-bond acceptors (Lipinski definition) is 4. The fourth-order valence-corrected chi connectivity index (χ4v) is 0.812. The summed E-state index contributed by atoms with van der Waals surface area (Å²) in [6.07, 6.45) is 5.32. The minimum Gasteiger partial charge on any atom is -0.391 e. The highest BCUT2D eigenvalue weighted by Crippen LogP contribution is 2.01. The summed E-state index contributed by atoms with van der Waals surface area (Å²) in [4.78, 5) is 18.6. The van der Waals surface area contributed by atoms with E-state index in [2.05, 4.69) is 9.97 Å². The monoisotopic (exact) mass is 180 g/mol. The molecule has 4 heteroatoms. The molecule has 0 radical (unpaired) electrons. The summed E-state index contributed by atoms with van der Waals surface area (Å²) < 4.78 is 4.86. The molecule has 13 heavy (non-hydrogen) atoms. The predicted molar refractivity (Wildman–Crippen MR) is 47.2 cm³/mol. The van der Waals surface area contributed by atoms with E-state index in [0.29, 0.717) is 6.42 Å². The summed E-state index contributed by atoms with van der Waals surface area (Å²) in [5, 5.41) is 0. The topological polar surface area (TPSA) is 52.1 Å². The first-order valence-corrected chi connectivity index (χ1v) is 4.30. The quantitative estimate of drug-likeness (QED) is 0.660. The summed E-state index contributed by atoms with van der Waals surface area (Å²) in [6, 6.07) is 1.80. The third kappa shape index (κ3) is 3.64. The van der Waals surface area contributed by atoms with Crippen molar-refractivity contribution >= 4 is 5.97 Å². The SMILES string of the molecule is CCCCC(=O)Oc1ncccn1. The molecule has 0 N–H and O–H groups in total. The highest BCUT2D eigenvalue weighted by molar-refractivity contribution is 5.71. The van der Waals surface area contributed by atoms with Crippen LogP contribution in [0.15, 0.2) is 18.5 Å². The number of unbranched alkanes of at least 4 members (excludes halogenated alkanes) is 1. The molecule has 1 aromatic rings. The number of carbonyl (C=O) groups is 1. The third-order valence-electron chi connectivity index (χ3n) is 1.48. The molecule has 70 valence electrons. The molecular formula is C9H12N2O2. The molecular weight excluding hydrogens is 168 g/mol. The van der Waals surface area contributed by atoms with E-state index < -0.39 is 0 Å². The second-order valence-corrected chi connectivity index (χ2v) is 2.61. The van der Waals surface area contributed by atoms with Crippen molar-refractivity contribution in [2.45, 2.75) is 26.2 Å². The lowest BCUT2D eigenvalue weighted by atomic mass is 10.3. The Labute approximate surface area is 77.0 Å². The van der Waals surface area contributed by atoms with E-state index in [0.717, 1.165) is 12.8 Å². The molecule has 4 nitrogen and oxygen atoms in total. The number of carbonyl (C=O) groups excluding carboxylic acids is 1. The maximum atomic E-state index is 11.1. The number of ether oxygens (including phenoxy) is 1. The van der Waals surface area contributed by atoms with Crippen LogP contribution in [-0.2, 0) is 4.79 Å². The molecule has 0 amide bonds. The number of hydrogen-bond donors (Lipinski definition) is 0. The molecule has 0 fully saturated rings. The van der Waals surface area contributed by atoms with Crippen molar-refractivity contribution in [2.24, 2.45) is 0 Å². The van der Waals surface area contributed by atoms with Gasteiger partial charge in [-0.3, -0.25) is 4.79 Å². The van der Waals surface area contributed by atoms with E-state index in [1.165, 1.54) is 12.4 Å². The van der Waals surface area contributed by atoms with Gasteiger partial charge < -0.3 is 4.74 Å². The fraction of sp³-hybridized carbons (Fsp3) is 0.444. The summed E-state index contributed by atoms with van der Waals surface area (Å²) in [7, 11) is 0. The molecule has 1 aromatic heterocycles. The van der Waals surface area contributed by atoms with Gasteiger partial charge in [0.2, 0.25) is 0 Å². The van der Waals surface area contributed by atoms with E-state index in [1.54, 1.807) is 6.07 Å². The third-order valence-corrected chi connectivity index (χ3v) is 1.48. The lowest BCUT2D eigenvalue weighted by molar-refractivity contribution is -0.135. The van der Waals surface area contributed by atoms with Gasteiger partial charge in [0.25, 0.3) is 0 Å². The Morgan fingerprint density at radius 3 is 2.77 bits per heavy atom. The first-order valence-electron chi connectivity index (χ1n) is 4.30. The van der Waals surface area contributed by atoms with Crippen molar-refractivity contribution in [2.75, 3.05) is 0 Å². The normalized spacial score (nSPS) is 9.62. The van der Waals surface area contributed by atoms with Crippen LogP contribution < -0.4 is 4.74 Å². The first kappa shape index (κ1) is 9.64. The van der Waals surface area contributed by atoms with Crippen LogP contribution in [0.5, 0.6) is 6.01 Å². The Morgan fingerprint density at radius 1 is 1.46 bits per heavy atom. The van der Waals surface area contributed by atoms with Crippen molar-refractivity contribution in [3.05, 3.63) is 18.5 Å². The zero-order chi connectivity index (χ0) is 9.52. The lowest BCUT2D eigenvalue weighted by Gasteiger charge is -1.99. The van der Waals surface area contributed by atoms with Gasteiger partial charge in [0, 0.05) is 18.8 Å². The van der Waals surface area contributed by atoms with Gasteiger partial charge in [0.15, 0.2) is 0 Å². The first-order chi connectivity index (χ1) is 6.33. The van der Waals surface area contributed by atoms with Crippen molar-refractivity contribution in [1.82, 2.24) is 9.97 Å². The van der Waals surface area contributed by atoms with Gasteiger partial charge >= 0.3 is 12.0 Å². The number of nitrogens with zero attached hydrogens (tertiary/aromatic N) is 2. The Bertz CT molecular complexity index is 262. The van der Waals surface area contributed by atoms with E-state index >= 15 is 0 Å². The molecule has 1 heterocycles. The van der Waals surface area contributed by atoms with Crippen LogP contribution >= 0.6 is 0 Å². The minimum absolute atomic E-state index is 0.128. The predicted octanol–water partition coefficient (Wildman–Crippen LogP) is 1.57. The number of aromatic nitrogens is 2. The van der Waals surface area contributed by atoms with Crippen LogP contribution in [0.3, 0.4) is 0 Å². The summed E-state index contributed by atoms with van der Waals surface area (Å²) >= 11 is 0. The van der Waals surface area contributed by atoms with Crippen LogP contribution in [0.25, 0.3) is 0 Å². The Hall–Kier alpha value is -1.45. The molecule has 0 aromatic carbocycles. The maximum Gasteiger partial charge on any atom is 0.324 e. The van der Waals surface area contributed by atoms with Gasteiger partial charge in [-0.05, 0) is 12.5 Å². The fourth-order valence-electron chi connectivity index (χ4n) is 0.812. The molecule has 0 saturated carbocycles. The molecule has 0 aliphatic heterocycles. The van der Waals surface area contributed by atoms with Gasteiger partial charge in [0.05, 0.1) is 0 Å². The van der Waals surface area contributed by atoms with Gasteiger partial charge in [-0.15, -0.1) is 0 Å². The molecule has 0 saturated heterocycles.